The summed E-state index contributed by atoms with van der Waals surface area (Å²) in [5.41, 5.74) is 0.516. The summed E-state index contributed by atoms with van der Waals surface area (Å²) in [5, 5.41) is 3.20. The van der Waals surface area contributed by atoms with Gasteiger partial charge in [-0.05, 0) is 88.6 Å². The summed E-state index contributed by atoms with van der Waals surface area (Å²) in [6, 6.07) is 12.6. The smallest absolute Gasteiger partial charge is 0.414 e. The molecule has 1 saturated heterocycles. The van der Waals surface area contributed by atoms with Crippen molar-refractivity contribution in [2.24, 2.45) is 0 Å². The van der Waals surface area contributed by atoms with E-state index in [1.807, 2.05) is 59.7 Å². The molecular formula is C29H41BFNO4Si. The minimum atomic E-state index is -1.22. The minimum Gasteiger partial charge on any atom is -0.414 e. The Morgan fingerprint density at radius 2 is 1.54 bits per heavy atom. The predicted octanol–water partition coefficient (Wildman–Crippen LogP) is 5.75. The zero-order valence-electron chi connectivity index (χ0n) is 23.8. The Balaban J connectivity index is 1.70. The molecule has 2 fully saturated rings. The van der Waals surface area contributed by atoms with Crippen molar-refractivity contribution < 1.29 is 22.9 Å². The number of hydrogen-bond acceptors (Lipinski definition) is 4. The first-order valence-electron chi connectivity index (χ1n) is 13.2. The summed E-state index contributed by atoms with van der Waals surface area (Å²) in [6.45, 7) is 18.7. The van der Waals surface area contributed by atoms with Crippen LogP contribution in [0.15, 0.2) is 42.5 Å². The third-order valence-corrected chi connectivity index (χ3v) is 9.41. The molecule has 0 radical (unpaired) electrons. The molecule has 1 amide bonds. The normalized spacial score (nSPS) is 20.4. The SMILES string of the molecule is CC(C)(C)[SiH2]OC(C)(C)c1c(NC(=O)c2ccc(C3(F)CC3)cc2)cccc1B1OC(C)(C)C(C)(C)O1. The van der Waals surface area contributed by atoms with Crippen LogP contribution in [0.5, 0.6) is 0 Å². The number of carbonyl (C=O) groups is 1. The molecule has 37 heavy (non-hydrogen) atoms. The van der Waals surface area contributed by atoms with Crippen LogP contribution < -0.4 is 10.8 Å². The van der Waals surface area contributed by atoms with Crippen molar-refractivity contribution in [3.8, 4) is 0 Å². The summed E-state index contributed by atoms with van der Waals surface area (Å²) < 4.78 is 33.9. The van der Waals surface area contributed by atoms with Crippen LogP contribution in [0.25, 0.3) is 0 Å². The topological polar surface area (TPSA) is 56.8 Å². The average molecular weight is 526 g/mol. The zero-order valence-corrected chi connectivity index (χ0v) is 25.2. The fourth-order valence-electron chi connectivity index (χ4n) is 4.50. The summed E-state index contributed by atoms with van der Waals surface area (Å²) in [4.78, 5) is 13.3. The second-order valence-electron chi connectivity index (χ2n) is 13.2. The molecule has 2 aliphatic rings. The molecule has 1 heterocycles. The number of carbonyl (C=O) groups excluding carboxylic acids is 1. The lowest BCUT2D eigenvalue weighted by atomic mass is 9.72. The van der Waals surface area contributed by atoms with E-state index in [1.54, 1.807) is 24.3 Å². The van der Waals surface area contributed by atoms with Crippen molar-refractivity contribution in [3.05, 3.63) is 59.2 Å². The molecule has 2 aromatic rings. The number of hydrogen-bond donors (Lipinski definition) is 1. The number of halogens is 1. The van der Waals surface area contributed by atoms with E-state index in [9.17, 15) is 9.18 Å². The maximum atomic E-state index is 14.4. The van der Waals surface area contributed by atoms with E-state index in [-0.39, 0.29) is 10.9 Å². The van der Waals surface area contributed by atoms with Crippen molar-refractivity contribution in [2.75, 3.05) is 5.32 Å². The van der Waals surface area contributed by atoms with Gasteiger partial charge in [0.15, 0.2) is 9.76 Å². The van der Waals surface area contributed by atoms with Crippen LogP contribution in [0.3, 0.4) is 0 Å². The van der Waals surface area contributed by atoms with Crippen LogP contribution in [0.2, 0.25) is 5.04 Å². The van der Waals surface area contributed by atoms with Gasteiger partial charge < -0.3 is 19.1 Å². The quantitative estimate of drug-likeness (QED) is 0.468. The lowest BCUT2D eigenvalue weighted by Gasteiger charge is -2.34. The summed E-state index contributed by atoms with van der Waals surface area (Å²) >= 11 is 0. The van der Waals surface area contributed by atoms with Gasteiger partial charge in [-0.15, -0.1) is 0 Å². The van der Waals surface area contributed by atoms with E-state index in [4.69, 9.17) is 13.7 Å². The van der Waals surface area contributed by atoms with Gasteiger partial charge in [-0.2, -0.15) is 0 Å². The molecule has 5 nitrogen and oxygen atoms in total. The molecule has 8 heteroatoms. The third-order valence-electron chi connectivity index (χ3n) is 7.67. The molecule has 0 aromatic heterocycles. The monoisotopic (exact) mass is 525 g/mol. The van der Waals surface area contributed by atoms with Crippen LogP contribution in [0.1, 0.15) is 96.6 Å². The average Bonchev–Trinajstić information content (AvgIpc) is 3.50. The van der Waals surface area contributed by atoms with Gasteiger partial charge in [-0.25, -0.2) is 4.39 Å². The van der Waals surface area contributed by atoms with Gasteiger partial charge in [0.1, 0.15) is 5.67 Å². The summed E-state index contributed by atoms with van der Waals surface area (Å²) in [5.74, 6) is -0.258. The molecule has 1 aliphatic heterocycles. The van der Waals surface area contributed by atoms with Crippen LogP contribution in [-0.2, 0) is 25.0 Å². The maximum Gasteiger partial charge on any atom is 0.495 e. The number of alkyl halides is 1. The molecule has 0 unspecified atom stereocenters. The van der Waals surface area contributed by atoms with E-state index in [2.05, 4.69) is 26.1 Å². The lowest BCUT2D eigenvalue weighted by molar-refractivity contribution is 0.00578. The lowest BCUT2D eigenvalue weighted by Crippen LogP contribution is -2.43. The molecule has 200 valence electrons. The first-order chi connectivity index (χ1) is 16.9. The van der Waals surface area contributed by atoms with Gasteiger partial charge >= 0.3 is 7.12 Å². The second kappa shape index (κ2) is 9.33. The van der Waals surface area contributed by atoms with Gasteiger partial charge in [-0.3, -0.25) is 4.79 Å². The van der Waals surface area contributed by atoms with Gasteiger partial charge in [0, 0.05) is 16.8 Å². The summed E-state index contributed by atoms with van der Waals surface area (Å²) in [6.07, 6.45) is 1.08. The van der Waals surface area contributed by atoms with Crippen LogP contribution in [-0.4, -0.2) is 34.0 Å². The number of amides is 1. The largest absolute Gasteiger partial charge is 0.495 e. The second-order valence-corrected chi connectivity index (χ2v) is 15.9. The Bertz CT molecular complexity index is 1150. The molecule has 0 bridgehead atoms. The van der Waals surface area contributed by atoms with Gasteiger partial charge in [-0.1, -0.05) is 45.0 Å². The number of nitrogens with one attached hydrogen (secondary N) is 1. The Morgan fingerprint density at radius 1 is 0.973 bits per heavy atom. The van der Waals surface area contributed by atoms with E-state index in [0.29, 0.717) is 29.7 Å². The number of benzene rings is 2. The number of anilines is 1. The Kier molecular flexibility index (Phi) is 7.07. The van der Waals surface area contributed by atoms with Crippen molar-refractivity contribution >= 4 is 33.9 Å². The van der Waals surface area contributed by atoms with E-state index >= 15 is 0 Å². The molecule has 4 rings (SSSR count). The number of rotatable bonds is 7. The molecule has 1 N–H and O–H groups in total. The van der Waals surface area contributed by atoms with E-state index in [1.165, 1.54) is 0 Å². The molecule has 1 aliphatic carbocycles. The van der Waals surface area contributed by atoms with Gasteiger partial charge in [0.05, 0.1) is 16.8 Å². The highest BCUT2D eigenvalue weighted by atomic mass is 28.2. The first kappa shape index (κ1) is 28.0. The zero-order chi connectivity index (χ0) is 27.4. The fourth-order valence-corrected chi connectivity index (χ4v) is 5.43. The Labute approximate surface area is 223 Å². The Morgan fingerprint density at radius 3 is 2.05 bits per heavy atom. The highest BCUT2D eigenvalue weighted by molar-refractivity contribution is 6.63. The maximum absolute atomic E-state index is 14.4. The van der Waals surface area contributed by atoms with E-state index in [0.717, 1.165) is 11.0 Å². The predicted molar refractivity (Wildman–Crippen MR) is 151 cm³/mol. The van der Waals surface area contributed by atoms with E-state index < -0.39 is 39.4 Å². The highest BCUT2D eigenvalue weighted by Crippen LogP contribution is 2.49. The standard InChI is InChI=1S/C29H41BFNO4Si/c1-25(2,3)37-36-26(4,5)23-21(30-34-27(6,7)28(8,9)35-30)11-10-12-22(23)32-24(33)19-13-15-20(16-14-19)29(31)17-18-29/h10-16H,17-18,37H2,1-9H3,(H,32,33). The van der Waals surface area contributed by atoms with Gasteiger partial charge in [0.25, 0.3) is 5.91 Å². The van der Waals surface area contributed by atoms with Crippen molar-refractivity contribution in [2.45, 2.75) is 103 Å². The van der Waals surface area contributed by atoms with Crippen molar-refractivity contribution in [3.63, 3.8) is 0 Å². The van der Waals surface area contributed by atoms with Crippen molar-refractivity contribution in [1.29, 1.82) is 0 Å². The van der Waals surface area contributed by atoms with Crippen LogP contribution in [0.4, 0.5) is 10.1 Å². The molecular weight excluding hydrogens is 484 g/mol. The fraction of sp³-hybridized carbons (Fsp3) is 0.552. The molecule has 1 saturated carbocycles. The molecule has 0 spiro atoms. The van der Waals surface area contributed by atoms with Crippen molar-refractivity contribution in [1.82, 2.24) is 0 Å². The molecule has 0 atom stereocenters. The third kappa shape index (κ3) is 5.87. The van der Waals surface area contributed by atoms with Gasteiger partial charge in [0.2, 0.25) is 0 Å². The molecule has 2 aromatic carbocycles. The summed E-state index contributed by atoms with van der Waals surface area (Å²) in [7, 11) is -1.52. The van der Waals surface area contributed by atoms with Crippen LogP contribution in [0, 0.1) is 0 Å². The highest BCUT2D eigenvalue weighted by Gasteiger charge is 2.53. The minimum absolute atomic E-state index is 0.0943. The Hall–Kier alpha value is -2.00. The van der Waals surface area contributed by atoms with Crippen LogP contribution >= 0.6 is 0 Å². The first-order valence-corrected chi connectivity index (χ1v) is 14.5.